The molecule has 0 amide bonds. The predicted molar refractivity (Wildman–Crippen MR) is 53.3 cm³/mol. The van der Waals surface area contributed by atoms with Crippen molar-refractivity contribution in [1.29, 1.82) is 0 Å². The Bertz CT molecular complexity index is 355. The van der Waals surface area contributed by atoms with E-state index in [4.69, 9.17) is 16.9 Å². The molecule has 2 nitrogen and oxygen atoms in total. The van der Waals surface area contributed by atoms with Gasteiger partial charge < -0.3 is 10.5 Å². The second-order valence-electron chi connectivity index (χ2n) is 2.96. The number of terminal acetylenes is 1. The van der Waals surface area contributed by atoms with Crippen LogP contribution < -0.4 is 10.5 Å². The highest BCUT2D eigenvalue weighted by Crippen LogP contribution is 2.24. The first-order chi connectivity index (χ1) is 6.65. The summed E-state index contributed by atoms with van der Waals surface area (Å²) in [5.74, 6) is 2.37. The average Bonchev–Trinajstić information content (AvgIpc) is 2.14. The van der Waals surface area contributed by atoms with Crippen molar-refractivity contribution >= 4 is 0 Å². The van der Waals surface area contributed by atoms with Crippen LogP contribution in [0.2, 0.25) is 0 Å². The van der Waals surface area contributed by atoms with Gasteiger partial charge in [-0.25, -0.2) is 4.39 Å². The standard InChI is InChI=1S/C11H12FNO/c1-3-6-14-11-7-9(12)4-5-10(11)8(2)13/h1,4-5,7-8H,6,13H2,2H3/t8-/m0/s1. The minimum absolute atomic E-state index is 0.114. The van der Waals surface area contributed by atoms with Crippen molar-refractivity contribution in [3.05, 3.63) is 29.6 Å². The molecular weight excluding hydrogens is 181 g/mol. The number of hydrogen-bond acceptors (Lipinski definition) is 2. The fourth-order valence-corrected chi connectivity index (χ4v) is 1.13. The Kier molecular flexibility index (Phi) is 3.49. The van der Waals surface area contributed by atoms with E-state index in [1.54, 1.807) is 13.0 Å². The zero-order valence-electron chi connectivity index (χ0n) is 7.96. The zero-order valence-corrected chi connectivity index (χ0v) is 7.96. The fourth-order valence-electron chi connectivity index (χ4n) is 1.13. The fraction of sp³-hybridized carbons (Fsp3) is 0.273. The summed E-state index contributed by atoms with van der Waals surface area (Å²) in [7, 11) is 0. The third-order valence-electron chi connectivity index (χ3n) is 1.78. The Labute approximate surface area is 82.9 Å². The van der Waals surface area contributed by atoms with Crippen LogP contribution in [0.25, 0.3) is 0 Å². The van der Waals surface area contributed by atoms with E-state index in [9.17, 15) is 4.39 Å². The van der Waals surface area contributed by atoms with Gasteiger partial charge in [0, 0.05) is 17.7 Å². The van der Waals surface area contributed by atoms with E-state index < -0.39 is 0 Å². The quantitative estimate of drug-likeness (QED) is 0.743. The van der Waals surface area contributed by atoms with Gasteiger partial charge in [0.05, 0.1) is 0 Å². The highest BCUT2D eigenvalue weighted by Gasteiger charge is 2.08. The van der Waals surface area contributed by atoms with Crippen molar-refractivity contribution in [3.63, 3.8) is 0 Å². The van der Waals surface area contributed by atoms with Crippen LogP contribution in [-0.2, 0) is 0 Å². The van der Waals surface area contributed by atoms with Gasteiger partial charge in [-0.15, -0.1) is 6.42 Å². The van der Waals surface area contributed by atoms with Crippen molar-refractivity contribution < 1.29 is 9.13 Å². The third kappa shape index (κ3) is 2.48. The SMILES string of the molecule is C#CCOc1cc(F)ccc1[C@H](C)N. The molecule has 0 bridgehead atoms. The lowest BCUT2D eigenvalue weighted by atomic mass is 10.1. The van der Waals surface area contributed by atoms with Gasteiger partial charge in [0.2, 0.25) is 0 Å². The highest BCUT2D eigenvalue weighted by molar-refractivity contribution is 5.36. The Morgan fingerprint density at radius 3 is 2.93 bits per heavy atom. The lowest BCUT2D eigenvalue weighted by Gasteiger charge is -2.12. The summed E-state index contributed by atoms with van der Waals surface area (Å²) in [5, 5.41) is 0. The van der Waals surface area contributed by atoms with Crippen LogP contribution in [0.5, 0.6) is 5.75 Å². The first-order valence-electron chi connectivity index (χ1n) is 4.26. The van der Waals surface area contributed by atoms with Crippen molar-refractivity contribution in [3.8, 4) is 18.1 Å². The van der Waals surface area contributed by atoms with Crippen LogP contribution in [0, 0.1) is 18.2 Å². The molecule has 1 atom stereocenters. The summed E-state index contributed by atoms with van der Waals surface area (Å²) in [5.41, 5.74) is 6.43. The molecule has 74 valence electrons. The molecule has 0 aliphatic heterocycles. The molecule has 3 heteroatoms. The Hall–Kier alpha value is -1.53. The summed E-state index contributed by atoms with van der Waals surface area (Å²) in [4.78, 5) is 0. The van der Waals surface area contributed by atoms with Gasteiger partial charge >= 0.3 is 0 Å². The van der Waals surface area contributed by atoms with Crippen LogP contribution in [0.15, 0.2) is 18.2 Å². The molecule has 0 aliphatic rings. The topological polar surface area (TPSA) is 35.2 Å². The lowest BCUT2D eigenvalue weighted by Crippen LogP contribution is -2.08. The molecule has 1 aromatic carbocycles. The Morgan fingerprint density at radius 1 is 1.64 bits per heavy atom. The van der Waals surface area contributed by atoms with Crippen LogP contribution in [0.4, 0.5) is 4.39 Å². The molecule has 1 aromatic rings. The number of halogens is 1. The van der Waals surface area contributed by atoms with Crippen LogP contribution in [0.1, 0.15) is 18.5 Å². The zero-order chi connectivity index (χ0) is 10.6. The molecule has 0 saturated heterocycles. The lowest BCUT2D eigenvalue weighted by molar-refractivity contribution is 0.361. The molecule has 1 rings (SSSR count). The second kappa shape index (κ2) is 4.64. The summed E-state index contributed by atoms with van der Waals surface area (Å²) in [6, 6.07) is 4.03. The predicted octanol–water partition coefficient (Wildman–Crippen LogP) is 1.86. The van der Waals surface area contributed by atoms with Gasteiger partial charge in [-0.1, -0.05) is 12.0 Å². The van der Waals surface area contributed by atoms with E-state index in [1.165, 1.54) is 12.1 Å². The van der Waals surface area contributed by atoms with Crippen molar-refractivity contribution in [2.75, 3.05) is 6.61 Å². The number of ether oxygens (including phenoxy) is 1. The molecule has 0 radical (unpaired) electrons. The third-order valence-corrected chi connectivity index (χ3v) is 1.78. The largest absolute Gasteiger partial charge is 0.481 e. The van der Waals surface area contributed by atoms with Gasteiger partial charge in [0.15, 0.2) is 0 Å². The van der Waals surface area contributed by atoms with Gasteiger partial charge in [-0.2, -0.15) is 0 Å². The smallest absolute Gasteiger partial charge is 0.148 e. The van der Waals surface area contributed by atoms with Gasteiger partial charge in [0.25, 0.3) is 0 Å². The monoisotopic (exact) mass is 193 g/mol. The molecule has 0 saturated carbocycles. The average molecular weight is 193 g/mol. The molecule has 14 heavy (non-hydrogen) atoms. The molecule has 0 aromatic heterocycles. The van der Waals surface area contributed by atoms with Crippen LogP contribution >= 0.6 is 0 Å². The number of rotatable bonds is 3. The van der Waals surface area contributed by atoms with Gasteiger partial charge in [-0.05, 0) is 13.0 Å². The van der Waals surface area contributed by atoms with E-state index in [-0.39, 0.29) is 18.5 Å². The number of nitrogens with two attached hydrogens (primary N) is 1. The van der Waals surface area contributed by atoms with E-state index in [0.717, 1.165) is 5.56 Å². The molecule has 0 spiro atoms. The Balaban J connectivity index is 2.98. The van der Waals surface area contributed by atoms with Crippen LogP contribution in [-0.4, -0.2) is 6.61 Å². The highest BCUT2D eigenvalue weighted by atomic mass is 19.1. The maximum absolute atomic E-state index is 12.9. The molecular formula is C11H12FNO. The van der Waals surface area contributed by atoms with Crippen molar-refractivity contribution in [1.82, 2.24) is 0 Å². The summed E-state index contributed by atoms with van der Waals surface area (Å²) < 4.78 is 18.0. The molecule has 0 fully saturated rings. The Morgan fingerprint density at radius 2 is 2.36 bits per heavy atom. The van der Waals surface area contributed by atoms with Crippen LogP contribution in [0.3, 0.4) is 0 Å². The first-order valence-corrected chi connectivity index (χ1v) is 4.26. The van der Waals surface area contributed by atoms with Crippen molar-refractivity contribution in [2.24, 2.45) is 5.73 Å². The van der Waals surface area contributed by atoms with E-state index >= 15 is 0 Å². The number of benzene rings is 1. The minimum atomic E-state index is -0.360. The maximum atomic E-state index is 12.9. The van der Waals surface area contributed by atoms with E-state index in [1.807, 2.05) is 0 Å². The maximum Gasteiger partial charge on any atom is 0.148 e. The molecule has 0 heterocycles. The first kappa shape index (κ1) is 10.6. The molecule has 0 unspecified atom stereocenters. The summed E-state index contributed by atoms with van der Waals surface area (Å²) in [6.07, 6.45) is 5.04. The normalized spacial score (nSPS) is 11.9. The molecule has 0 aliphatic carbocycles. The second-order valence-corrected chi connectivity index (χ2v) is 2.96. The molecule has 2 N–H and O–H groups in total. The summed E-state index contributed by atoms with van der Waals surface area (Å²) >= 11 is 0. The van der Waals surface area contributed by atoms with Gasteiger partial charge in [0.1, 0.15) is 18.2 Å². The van der Waals surface area contributed by atoms with E-state index in [2.05, 4.69) is 5.92 Å². The van der Waals surface area contributed by atoms with E-state index in [0.29, 0.717) is 5.75 Å². The minimum Gasteiger partial charge on any atom is -0.481 e. The van der Waals surface area contributed by atoms with Crippen molar-refractivity contribution in [2.45, 2.75) is 13.0 Å². The summed E-state index contributed by atoms with van der Waals surface area (Å²) in [6.45, 7) is 1.92. The number of hydrogen-bond donors (Lipinski definition) is 1. The van der Waals surface area contributed by atoms with Gasteiger partial charge in [-0.3, -0.25) is 0 Å².